The third-order valence-corrected chi connectivity index (χ3v) is 5.70. The largest absolute Gasteiger partial charge is 0.369 e. The van der Waals surface area contributed by atoms with Gasteiger partial charge in [-0.25, -0.2) is 4.98 Å². The number of nitrogens with one attached hydrogen (secondary N) is 2. The van der Waals surface area contributed by atoms with Crippen molar-refractivity contribution in [2.75, 3.05) is 31.6 Å². The summed E-state index contributed by atoms with van der Waals surface area (Å²) in [6.07, 6.45) is 3.22. The first-order chi connectivity index (χ1) is 12.6. The van der Waals surface area contributed by atoms with Gasteiger partial charge in [0, 0.05) is 55.9 Å². The molecule has 0 amide bonds. The van der Waals surface area contributed by atoms with Crippen LogP contribution in [0.25, 0.3) is 0 Å². The van der Waals surface area contributed by atoms with Crippen LogP contribution in [-0.2, 0) is 6.42 Å². The maximum atomic E-state index is 4.51. The van der Waals surface area contributed by atoms with Crippen molar-refractivity contribution in [1.82, 2.24) is 15.6 Å². The van der Waals surface area contributed by atoms with E-state index < -0.39 is 0 Å². The van der Waals surface area contributed by atoms with Crippen molar-refractivity contribution in [3.8, 4) is 0 Å². The molecule has 1 atom stereocenters. The fourth-order valence-electron chi connectivity index (χ4n) is 3.22. The fourth-order valence-corrected chi connectivity index (χ4v) is 4.04. The van der Waals surface area contributed by atoms with Crippen LogP contribution in [0, 0.1) is 13.8 Å². The summed E-state index contributed by atoms with van der Waals surface area (Å²) in [4.78, 5) is 11.3. The molecule has 7 heteroatoms. The first-order valence-corrected chi connectivity index (χ1v) is 10.2. The SMILES string of the molecule is CN=C(NCCCc1nc(C)cs1)NC1CCN(c2ccc(C)cc2)C1.I. The van der Waals surface area contributed by atoms with Gasteiger partial charge in [-0.3, -0.25) is 4.99 Å². The number of nitrogens with zero attached hydrogens (tertiary/aromatic N) is 3. The predicted octanol–water partition coefficient (Wildman–Crippen LogP) is 3.75. The number of aliphatic imine (C=N–C) groups is 1. The first kappa shape index (κ1) is 21.9. The number of halogens is 1. The van der Waals surface area contributed by atoms with Crippen molar-refractivity contribution in [3.63, 3.8) is 0 Å². The van der Waals surface area contributed by atoms with E-state index in [0.717, 1.165) is 50.6 Å². The molecule has 27 heavy (non-hydrogen) atoms. The molecule has 2 aromatic rings. The van der Waals surface area contributed by atoms with Gasteiger partial charge in [0.05, 0.1) is 5.01 Å². The Bertz CT molecular complexity index is 728. The lowest BCUT2D eigenvalue weighted by molar-refractivity contribution is 0.643. The summed E-state index contributed by atoms with van der Waals surface area (Å²) in [5, 5.41) is 10.3. The molecule has 1 aromatic heterocycles. The molecule has 0 spiro atoms. The van der Waals surface area contributed by atoms with Crippen molar-refractivity contribution in [2.24, 2.45) is 4.99 Å². The normalized spacial score (nSPS) is 16.9. The maximum Gasteiger partial charge on any atom is 0.191 e. The Hall–Kier alpha value is -1.35. The molecule has 3 rings (SSSR count). The van der Waals surface area contributed by atoms with Gasteiger partial charge in [0.2, 0.25) is 0 Å². The molecule has 2 heterocycles. The molecule has 0 aliphatic carbocycles. The second kappa shape index (κ2) is 10.8. The fraction of sp³-hybridized carbons (Fsp3) is 0.500. The topological polar surface area (TPSA) is 52.6 Å². The molecule has 1 aliphatic rings. The van der Waals surface area contributed by atoms with Gasteiger partial charge in [-0.2, -0.15) is 0 Å². The van der Waals surface area contributed by atoms with Crippen LogP contribution < -0.4 is 15.5 Å². The van der Waals surface area contributed by atoms with Gasteiger partial charge in [-0.15, -0.1) is 35.3 Å². The van der Waals surface area contributed by atoms with Gasteiger partial charge >= 0.3 is 0 Å². The zero-order chi connectivity index (χ0) is 18.4. The molecule has 5 nitrogen and oxygen atoms in total. The summed E-state index contributed by atoms with van der Waals surface area (Å²) >= 11 is 1.75. The first-order valence-electron chi connectivity index (χ1n) is 9.34. The number of rotatable bonds is 6. The second-order valence-corrected chi connectivity index (χ2v) is 7.84. The average Bonchev–Trinajstić information content (AvgIpc) is 3.27. The molecule has 1 saturated heterocycles. The third-order valence-electron chi connectivity index (χ3n) is 4.68. The summed E-state index contributed by atoms with van der Waals surface area (Å²) in [7, 11) is 1.84. The Morgan fingerprint density at radius 2 is 2.07 bits per heavy atom. The van der Waals surface area contributed by atoms with E-state index in [1.807, 2.05) is 14.0 Å². The van der Waals surface area contributed by atoms with Crippen molar-refractivity contribution >= 4 is 47.0 Å². The highest BCUT2D eigenvalue weighted by molar-refractivity contribution is 14.0. The molecule has 2 N–H and O–H groups in total. The van der Waals surface area contributed by atoms with Gasteiger partial charge in [-0.1, -0.05) is 17.7 Å². The van der Waals surface area contributed by atoms with Crippen LogP contribution in [0.1, 0.15) is 29.1 Å². The Kier molecular flexibility index (Phi) is 8.82. The Balaban J connectivity index is 0.00000261. The van der Waals surface area contributed by atoms with E-state index in [1.165, 1.54) is 16.3 Å². The molecule has 148 valence electrons. The van der Waals surface area contributed by atoms with Gasteiger partial charge in [-0.05, 0) is 38.8 Å². The smallest absolute Gasteiger partial charge is 0.191 e. The standard InChI is InChI=1S/C20H29N5S.HI/c1-15-6-8-18(9-7-15)25-12-10-17(13-25)24-20(21-3)22-11-4-5-19-23-16(2)14-26-19;/h6-9,14,17H,4-5,10-13H2,1-3H3,(H2,21,22,24);1H. The number of hydrogen-bond donors (Lipinski definition) is 2. The summed E-state index contributed by atoms with van der Waals surface area (Å²) < 4.78 is 0. The summed E-state index contributed by atoms with van der Waals surface area (Å²) in [6, 6.07) is 9.22. The number of aryl methyl sites for hydroxylation is 3. The van der Waals surface area contributed by atoms with Crippen molar-refractivity contribution in [1.29, 1.82) is 0 Å². The molecule has 0 saturated carbocycles. The lowest BCUT2D eigenvalue weighted by atomic mass is 10.2. The number of benzene rings is 1. The Morgan fingerprint density at radius 1 is 1.30 bits per heavy atom. The van der Waals surface area contributed by atoms with Crippen LogP contribution in [0.5, 0.6) is 0 Å². The predicted molar refractivity (Wildman–Crippen MR) is 127 cm³/mol. The van der Waals surface area contributed by atoms with E-state index in [-0.39, 0.29) is 24.0 Å². The van der Waals surface area contributed by atoms with Crippen molar-refractivity contribution in [3.05, 3.63) is 45.9 Å². The summed E-state index contributed by atoms with van der Waals surface area (Å²) in [5.74, 6) is 0.899. The van der Waals surface area contributed by atoms with Gasteiger partial charge < -0.3 is 15.5 Å². The molecule has 1 unspecified atom stereocenters. The van der Waals surface area contributed by atoms with Crippen LogP contribution >= 0.6 is 35.3 Å². The molecule has 1 aromatic carbocycles. The second-order valence-electron chi connectivity index (χ2n) is 6.90. The van der Waals surface area contributed by atoms with Gasteiger partial charge in [0.15, 0.2) is 5.96 Å². The van der Waals surface area contributed by atoms with E-state index >= 15 is 0 Å². The number of hydrogen-bond acceptors (Lipinski definition) is 4. The van der Waals surface area contributed by atoms with Crippen molar-refractivity contribution < 1.29 is 0 Å². The number of aromatic nitrogens is 1. The van der Waals surface area contributed by atoms with E-state index in [4.69, 9.17) is 0 Å². The van der Waals surface area contributed by atoms with E-state index in [2.05, 4.69) is 62.1 Å². The van der Waals surface area contributed by atoms with Crippen LogP contribution in [0.15, 0.2) is 34.6 Å². The zero-order valence-electron chi connectivity index (χ0n) is 16.4. The van der Waals surface area contributed by atoms with E-state index in [1.54, 1.807) is 11.3 Å². The molecule has 0 bridgehead atoms. The highest BCUT2D eigenvalue weighted by Gasteiger charge is 2.23. The maximum absolute atomic E-state index is 4.51. The lowest BCUT2D eigenvalue weighted by Crippen LogP contribution is -2.44. The van der Waals surface area contributed by atoms with E-state index in [9.17, 15) is 0 Å². The third kappa shape index (κ3) is 6.64. The summed E-state index contributed by atoms with van der Waals surface area (Å²) in [5.41, 5.74) is 3.73. The lowest BCUT2D eigenvalue weighted by Gasteiger charge is -2.20. The van der Waals surface area contributed by atoms with Gasteiger partial charge in [0.25, 0.3) is 0 Å². The van der Waals surface area contributed by atoms with Crippen LogP contribution in [0.2, 0.25) is 0 Å². The van der Waals surface area contributed by atoms with Crippen LogP contribution in [0.3, 0.4) is 0 Å². The number of thiazole rings is 1. The average molecular weight is 499 g/mol. The molecular weight excluding hydrogens is 469 g/mol. The summed E-state index contributed by atoms with van der Waals surface area (Å²) in [6.45, 7) is 7.19. The quantitative estimate of drug-likeness (QED) is 0.275. The minimum Gasteiger partial charge on any atom is -0.369 e. The Morgan fingerprint density at radius 3 is 2.74 bits per heavy atom. The highest BCUT2D eigenvalue weighted by Crippen LogP contribution is 2.20. The Labute approximate surface area is 183 Å². The van der Waals surface area contributed by atoms with Crippen molar-refractivity contribution in [2.45, 2.75) is 39.2 Å². The zero-order valence-corrected chi connectivity index (χ0v) is 19.5. The molecule has 1 fully saturated rings. The monoisotopic (exact) mass is 499 g/mol. The minimum absolute atomic E-state index is 0. The molecule has 1 aliphatic heterocycles. The number of guanidine groups is 1. The van der Waals surface area contributed by atoms with Gasteiger partial charge in [0.1, 0.15) is 0 Å². The number of anilines is 1. The van der Waals surface area contributed by atoms with E-state index in [0.29, 0.717) is 6.04 Å². The highest BCUT2D eigenvalue weighted by atomic mass is 127. The van der Waals surface area contributed by atoms with Crippen LogP contribution in [0.4, 0.5) is 5.69 Å². The molecule has 0 radical (unpaired) electrons. The molecular formula is C20H30IN5S. The van der Waals surface area contributed by atoms with Crippen LogP contribution in [-0.4, -0.2) is 43.7 Å². The minimum atomic E-state index is 0.